The summed E-state index contributed by atoms with van der Waals surface area (Å²) in [7, 11) is 0. The predicted molar refractivity (Wildman–Crippen MR) is 70.6 cm³/mol. The Morgan fingerprint density at radius 3 is 2.79 bits per heavy atom. The third-order valence-corrected chi connectivity index (χ3v) is 3.37. The Morgan fingerprint density at radius 2 is 2.05 bits per heavy atom. The lowest BCUT2D eigenvalue weighted by molar-refractivity contribution is 0.0901. The summed E-state index contributed by atoms with van der Waals surface area (Å²) < 4.78 is 0. The normalized spacial score (nSPS) is 16.3. The number of amides is 1. The summed E-state index contributed by atoms with van der Waals surface area (Å²) in [5, 5.41) is 12.5. The molecule has 1 fully saturated rings. The molecule has 3 rings (SSSR count). The predicted octanol–water partition coefficient (Wildman–Crippen LogP) is 1.13. The van der Waals surface area contributed by atoms with E-state index in [1.165, 1.54) is 0 Å². The van der Waals surface area contributed by atoms with Crippen LogP contribution in [0.5, 0.6) is 0 Å². The van der Waals surface area contributed by atoms with Crippen molar-refractivity contribution >= 4 is 16.9 Å². The van der Waals surface area contributed by atoms with Gasteiger partial charge in [-0.1, -0.05) is 0 Å². The van der Waals surface area contributed by atoms with Gasteiger partial charge in [-0.15, -0.1) is 0 Å². The van der Waals surface area contributed by atoms with Gasteiger partial charge in [-0.25, -0.2) is 0 Å². The van der Waals surface area contributed by atoms with Gasteiger partial charge in [-0.3, -0.25) is 14.8 Å². The van der Waals surface area contributed by atoms with Gasteiger partial charge in [0, 0.05) is 24.5 Å². The van der Waals surface area contributed by atoms with Crippen LogP contribution in [0.4, 0.5) is 0 Å². The van der Waals surface area contributed by atoms with Crippen molar-refractivity contribution in [3.05, 3.63) is 36.2 Å². The SMILES string of the molecule is O=C(NCC(O)C1CC1)c1ccc2nccnc2c1. The van der Waals surface area contributed by atoms with E-state index < -0.39 is 6.10 Å². The number of hydrogen-bond acceptors (Lipinski definition) is 4. The van der Waals surface area contributed by atoms with E-state index in [9.17, 15) is 9.90 Å². The van der Waals surface area contributed by atoms with E-state index in [-0.39, 0.29) is 5.91 Å². The van der Waals surface area contributed by atoms with Gasteiger partial charge >= 0.3 is 0 Å². The molecule has 2 aromatic rings. The number of benzene rings is 1. The van der Waals surface area contributed by atoms with Crippen LogP contribution in [0, 0.1) is 5.92 Å². The molecule has 1 heterocycles. The zero-order valence-electron chi connectivity index (χ0n) is 10.4. The second-order valence-corrected chi connectivity index (χ2v) is 4.87. The molecular formula is C14H15N3O2. The van der Waals surface area contributed by atoms with Crippen LogP contribution in [0.25, 0.3) is 11.0 Å². The lowest BCUT2D eigenvalue weighted by Gasteiger charge is -2.10. The highest BCUT2D eigenvalue weighted by Crippen LogP contribution is 2.32. The van der Waals surface area contributed by atoms with Crippen molar-refractivity contribution in [3.63, 3.8) is 0 Å². The van der Waals surface area contributed by atoms with Gasteiger partial charge in [-0.05, 0) is 37.0 Å². The van der Waals surface area contributed by atoms with E-state index in [1.807, 2.05) is 0 Å². The maximum absolute atomic E-state index is 12.0. The van der Waals surface area contributed by atoms with Crippen molar-refractivity contribution in [2.75, 3.05) is 6.54 Å². The minimum Gasteiger partial charge on any atom is -0.391 e. The molecule has 0 saturated heterocycles. The number of aliphatic hydroxyl groups excluding tert-OH is 1. The smallest absolute Gasteiger partial charge is 0.251 e. The molecule has 1 aliphatic carbocycles. The second-order valence-electron chi connectivity index (χ2n) is 4.87. The fraction of sp³-hybridized carbons (Fsp3) is 0.357. The number of nitrogens with one attached hydrogen (secondary N) is 1. The molecule has 1 aromatic carbocycles. The van der Waals surface area contributed by atoms with Gasteiger partial charge in [0.05, 0.1) is 17.1 Å². The van der Waals surface area contributed by atoms with Gasteiger partial charge in [0.1, 0.15) is 0 Å². The van der Waals surface area contributed by atoms with Crippen LogP contribution < -0.4 is 5.32 Å². The molecule has 5 nitrogen and oxygen atoms in total. The van der Waals surface area contributed by atoms with Crippen molar-refractivity contribution in [1.82, 2.24) is 15.3 Å². The Bertz CT molecular complexity index is 610. The monoisotopic (exact) mass is 257 g/mol. The summed E-state index contributed by atoms with van der Waals surface area (Å²) in [4.78, 5) is 20.3. The average Bonchev–Trinajstić information content (AvgIpc) is 3.28. The molecule has 1 amide bonds. The Balaban J connectivity index is 1.70. The van der Waals surface area contributed by atoms with Gasteiger partial charge in [0.2, 0.25) is 0 Å². The summed E-state index contributed by atoms with van der Waals surface area (Å²) in [5.41, 5.74) is 1.99. The minimum atomic E-state index is -0.427. The summed E-state index contributed by atoms with van der Waals surface area (Å²) in [6.45, 7) is 0.308. The summed E-state index contributed by atoms with van der Waals surface area (Å²) in [6.07, 6.45) is 4.91. The maximum atomic E-state index is 12.0. The molecule has 1 aromatic heterocycles. The van der Waals surface area contributed by atoms with Gasteiger partial charge in [0.15, 0.2) is 0 Å². The van der Waals surface area contributed by atoms with Crippen LogP contribution in [-0.2, 0) is 0 Å². The van der Waals surface area contributed by atoms with E-state index in [0.717, 1.165) is 18.4 Å². The number of fused-ring (bicyclic) bond motifs is 1. The quantitative estimate of drug-likeness (QED) is 0.861. The van der Waals surface area contributed by atoms with Gasteiger partial charge < -0.3 is 10.4 Å². The van der Waals surface area contributed by atoms with Gasteiger partial charge in [-0.2, -0.15) is 0 Å². The number of aromatic nitrogens is 2. The molecule has 5 heteroatoms. The molecule has 1 saturated carbocycles. The van der Waals surface area contributed by atoms with Crippen LogP contribution in [-0.4, -0.2) is 33.6 Å². The molecule has 2 N–H and O–H groups in total. The fourth-order valence-corrected chi connectivity index (χ4v) is 2.05. The van der Waals surface area contributed by atoms with E-state index >= 15 is 0 Å². The average molecular weight is 257 g/mol. The van der Waals surface area contributed by atoms with E-state index in [1.54, 1.807) is 30.6 Å². The third kappa shape index (κ3) is 2.71. The highest BCUT2D eigenvalue weighted by Gasteiger charge is 2.29. The molecule has 0 radical (unpaired) electrons. The molecule has 1 aliphatic rings. The number of carbonyl (C=O) groups excluding carboxylic acids is 1. The number of carbonyl (C=O) groups is 1. The maximum Gasteiger partial charge on any atom is 0.251 e. The minimum absolute atomic E-state index is 0.188. The molecular weight excluding hydrogens is 242 g/mol. The number of aliphatic hydroxyl groups is 1. The van der Waals surface area contributed by atoms with E-state index in [4.69, 9.17) is 0 Å². The zero-order valence-corrected chi connectivity index (χ0v) is 10.4. The summed E-state index contributed by atoms with van der Waals surface area (Å²) >= 11 is 0. The summed E-state index contributed by atoms with van der Waals surface area (Å²) in [6, 6.07) is 5.20. The van der Waals surface area contributed by atoms with Crippen molar-refractivity contribution in [1.29, 1.82) is 0 Å². The van der Waals surface area contributed by atoms with Crippen molar-refractivity contribution in [2.45, 2.75) is 18.9 Å². The van der Waals surface area contributed by atoms with Crippen LogP contribution in [0.1, 0.15) is 23.2 Å². The number of nitrogens with zero attached hydrogens (tertiary/aromatic N) is 2. The lowest BCUT2D eigenvalue weighted by Crippen LogP contribution is -2.33. The Hall–Kier alpha value is -2.01. The number of hydrogen-bond donors (Lipinski definition) is 2. The molecule has 98 valence electrons. The molecule has 1 atom stereocenters. The Morgan fingerprint density at radius 1 is 1.32 bits per heavy atom. The fourth-order valence-electron chi connectivity index (χ4n) is 2.05. The number of rotatable bonds is 4. The molecule has 0 bridgehead atoms. The Kier molecular flexibility index (Phi) is 3.13. The third-order valence-electron chi connectivity index (χ3n) is 3.37. The van der Waals surface area contributed by atoms with Crippen LogP contribution in [0.3, 0.4) is 0 Å². The van der Waals surface area contributed by atoms with Gasteiger partial charge in [0.25, 0.3) is 5.91 Å². The standard InChI is InChI=1S/C14H15N3O2/c18-13(9-1-2-9)8-17-14(19)10-3-4-11-12(7-10)16-6-5-15-11/h3-7,9,13,18H,1-2,8H2,(H,17,19). The second kappa shape index (κ2) is 4.93. The zero-order chi connectivity index (χ0) is 13.2. The van der Waals surface area contributed by atoms with Crippen LogP contribution in [0.15, 0.2) is 30.6 Å². The van der Waals surface area contributed by atoms with E-state index in [0.29, 0.717) is 23.5 Å². The highest BCUT2D eigenvalue weighted by molar-refractivity contribution is 5.97. The lowest BCUT2D eigenvalue weighted by atomic mass is 10.1. The topological polar surface area (TPSA) is 75.1 Å². The first kappa shape index (κ1) is 12.0. The van der Waals surface area contributed by atoms with Crippen LogP contribution in [0.2, 0.25) is 0 Å². The van der Waals surface area contributed by atoms with Crippen molar-refractivity contribution < 1.29 is 9.90 Å². The first-order chi connectivity index (χ1) is 9.24. The van der Waals surface area contributed by atoms with Crippen molar-refractivity contribution in [3.8, 4) is 0 Å². The Labute approximate surface area is 110 Å². The largest absolute Gasteiger partial charge is 0.391 e. The highest BCUT2D eigenvalue weighted by atomic mass is 16.3. The molecule has 0 spiro atoms. The first-order valence-corrected chi connectivity index (χ1v) is 6.41. The van der Waals surface area contributed by atoms with Crippen LogP contribution >= 0.6 is 0 Å². The molecule has 19 heavy (non-hydrogen) atoms. The summed E-state index contributed by atoms with van der Waals surface area (Å²) in [5.74, 6) is 0.176. The molecule has 0 aliphatic heterocycles. The van der Waals surface area contributed by atoms with Crippen molar-refractivity contribution in [2.24, 2.45) is 5.92 Å². The molecule has 1 unspecified atom stereocenters. The van der Waals surface area contributed by atoms with E-state index in [2.05, 4.69) is 15.3 Å². The first-order valence-electron chi connectivity index (χ1n) is 6.41.